The van der Waals surface area contributed by atoms with E-state index in [1.165, 1.54) is 4.68 Å². The fraction of sp³-hybridized carbons (Fsp3) is 0.320. The SMILES string of the molecule is Cc1cccc(C)c1NC(=O)c1cc2cc(Cl)ccc2n1NC(=O)C(=O)NCCCOC(C)C. The molecule has 0 fully saturated rings. The van der Waals surface area contributed by atoms with E-state index in [4.69, 9.17) is 16.3 Å². The minimum Gasteiger partial charge on any atom is -0.379 e. The van der Waals surface area contributed by atoms with Crippen molar-refractivity contribution < 1.29 is 19.1 Å². The van der Waals surface area contributed by atoms with Crippen molar-refractivity contribution in [1.82, 2.24) is 9.99 Å². The zero-order chi connectivity index (χ0) is 24.8. The first-order valence-corrected chi connectivity index (χ1v) is 11.4. The minimum absolute atomic E-state index is 0.0996. The van der Waals surface area contributed by atoms with E-state index in [2.05, 4.69) is 16.1 Å². The third-order valence-electron chi connectivity index (χ3n) is 5.19. The second-order valence-electron chi connectivity index (χ2n) is 8.26. The van der Waals surface area contributed by atoms with E-state index >= 15 is 0 Å². The number of anilines is 1. The van der Waals surface area contributed by atoms with Gasteiger partial charge in [-0.25, -0.2) is 4.68 Å². The number of benzene rings is 2. The van der Waals surface area contributed by atoms with Crippen LogP contribution in [0, 0.1) is 13.8 Å². The van der Waals surface area contributed by atoms with Crippen LogP contribution in [0.3, 0.4) is 0 Å². The van der Waals surface area contributed by atoms with E-state index in [9.17, 15) is 14.4 Å². The third kappa shape index (κ3) is 6.15. The van der Waals surface area contributed by atoms with E-state index in [1.807, 2.05) is 45.9 Å². The number of aryl methyl sites for hydroxylation is 2. The van der Waals surface area contributed by atoms with Crippen molar-refractivity contribution >= 4 is 45.9 Å². The number of aromatic nitrogens is 1. The van der Waals surface area contributed by atoms with Crippen molar-refractivity contribution in [3.8, 4) is 0 Å². The molecule has 3 rings (SSSR count). The van der Waals surface area contributed by atoms with Gasteiger partial charge in [-0.3, -0.25) is 19.8 Å². The van der Waals surface area contributed by atoms with E-state index in [-0.39, 0.29) is 11.8 Å². The predicted octanol–water partition coefficient (Wildman–Crippen LogP) is 4.17. The Morgan fingerprint density at radius 1 is 1.03 bits per heavy atom. The molecule has 0 unspecified atom stereocenters. The van der Waals surface area contributed by atoms with Crippen LogP contribution in [0.4, 0.5) is 5.69 Å². The van der Waals surface area contributed by atoms with E-state index in [1.54, 1.807) is 24.3 Å². The lowest BCUT2D eigenvalue weighted by atomic mass is 10.1. The molecule has 0 saturated heterocycles. The maximum Gasteiger partial charge on any atom is 0.328 e. The Morgan fingerprint density at radius 2 is 1.74 bits per heavy atom. The zero-order valence-electron chi connectivity index (χ0n) is 19.7. The van der Waals surface area contributed by atoms with Gasteiger partial charge in [0.25, 0.3) is 5.91 Å². The summed E-state index contributed by atoms with van der Waals surface area (Å²) in [6, 6.07) is 12.3. The largest absolute Gasteiger partial charge is 0.379 e. The molecule has 0 atom stereocenters. The summed E-state index contributed by atoms with van der Waals surface area (Å²) in [5.41, 5.74) is 5.73. The molecule has 0 aliphatic rings. The molecule has 1 aromatic heterocycles. The van der Waals surface area contributed by atoms with Gasteiger partial charge in [-0.05, 0) is 69.5 Å². The van der Waals surface area contributed by atoms with Crippen molar-refractivity contribution in [3.63, 3.8) is 0 Å². The van der Waals surface area contributed by atoms with Crippen LogP contribution in [0.15, 0.2) is 42.5 Å². The van der Waals surface area contributed by atoms with Crippen LogP contribution in [0.5, 0.6) is 0 Å². The number of para-hydroxylation sites is 1. The van der Waals surface area contributed by atoms with Crippen LogP contribution in [0.25, 0.3) is 10.9 Å². The normalized spacial score (nSPS) is 11.0. The minimum atomic E-state index is -0.890. The Hall–Kier alpha value is -3.36. The smallest absolute Gasteiger partial charge is 0.328 e. The second kappa shape index (κ2) is 11.2. The summed E-state index contributed by atoms with van der Waals surface area (Å²) in [6.07, 6.45) is 0.675. The van der Waals surface area contributed by atoms with Crippen LogP contribution in [-0.4, -0.2) is 41.7 Å². The van der Waals surface area contributed by atoms with Crippen molar-refractivity contribution in [2.45, 2.75) is 40.2 Å². The van der Waals surface area contributed by atoms with Crippen LogP contribution >= 0.6 is 11.6 Å². The summed E-state index contributed by atoms with van der Waals surface area (Å²) < 4.78 is 6.73. The molecule has 0 bridgehead atoms. The first-order chi connectivity index (χ1) is 16.2. The molecule has 0 radical (unpaired) electrons. The van der Waals surface area contributed by atoms with Crippen molar-refractivity contribution in [2.24, 2.45) is 0 Å². The number of fused-ring (bicyclic) bond motifs is 1. The molecule has 0 aliphatic carbocycles. The summed E-state index contributed by atoms with van der Waals surface area (Å²) >= 11 is 6.12. The fourth-order valence-corrected chi connectivity index (χ4v) is 3.67. The molecule has 34 heavy (non-hydrogen) atoms. The van der Waals surface area contributed by atoms with Gasteiger partial charge >= 0.3 is 11.8 Å². The molecule has 3 N–H and O–H groups in total. The van der Waals surface area contributed by atoms with Gasteiger partial charge in [-0.15, -0.1) is 0 Å². The number of halogens is 1. The quantitative estimate of drug-likeness (QED) is 0.330. The van der Waals surface area contributed by atoms with Gasteiger partial charge in [0.15, 0.2) is 0 Å². The molecule has 3 aromatic rings. The number of nitrogens with zero attached hydrogens (tertiary/aromatic N) is 1. The highest BCUT2D eigenvalue weighted by molar-refractivity contribution is 6.38. The molecule has 0 saturated carbocycles. The third-order valence-corrected chi connectivity index (χ3v) is 5.43. The van der Waals surface area contributed by atoms with Gasteiger partial charge in [0, 0.05) is 29.2 Å². The molecular formula is C25H29ClN4O4. The topological polar surface area (TPSA) is 101 Å². The number of carbonyl (C=O) groups excluding carboxylic acids is 3. The molecule has 0 aliphatic heterocycles. The molecule has 2 aromatic carbocycles. The fourth-order valence-electron chi connectivity index (χ4n) is 3.49. The van der Waals surface area contributed by atoms with E-state index in [0.717, 1.165) is 11.1 Å². The number of nitrogens with one attached hydrogen (secondary N) is 3. The van der Waals surface area contributed by atoms with E-state index in [0.29, 0.717) is 41.2 Å². The van der Waals surface area contributed by atoms with Gasteiger partial charge in [0.2, 0.25) is 0 Å². The van der Waals surface area contributed by atoms with Crippen molar-refractivity contribution in [2.75, 3.05) is 23.9 Å². The molecule has 0 spiro atoms. The number of rotatable bonds is 8. The summed E-state index contributed by atoms with van der Waals surface area (Å²) in [5.74, 6) is -2.13. The number of ether oxygens (including phenoxy) is 1. The second-order valence-corrected chi connectivity index (χ2v) is 8.70. The van der Waals surface area contributed by atoms with Gasteiger partial charge in [-0.1, -0.05) is 29.8 Å². The van der Waals surface area contributed by atoms with Gasteiger partial charge in [0.05, 0.1) is 11.6 Å². The Morgan fingerprint density at radius 3 is 2.41 bits per heavy atom. The average molecular weight is 485 g/mol. The zero-order valence-corrected chi connectivity index (χ0v) is 20.5. The van der Waals surface area contributed by atoms with Gasteiger partial charge < -0.3 is 15.4 Å². The maximum absolute atomic E-state index is 13.2. The van der Waals surface area contributed by atoms with Crippen LogP contribution in [0.1, 0.15) is 41.9 Å². The number of hydrogen-bond acceptors (Lipinski definition) is 4. The molecule has 9 heteroatoms. The Bertz CT molecular complexity index is 1200. The summed E-state index contributed by atoms with van der Waals surface area (Å²) in [6.45, 7) is 8.42. The van der Waals surface area contributed by atoms with Crippen molar-refractivity contribution in [3.05, 3.63) is 64.3 Å². The van der Waals surface area contributed by atoms with E-state index < -0.39 is 17.7 Å². The highest BCUT2D eigenvalue weighted by Crippen LogP contribution is 2.25. The number of amides is 3. The Labute approximate surface area is 203 Å². The highest BCUT2D eigenvalue weighted by atomic mass is 35.5. The maximum atomic E-state index is 13.2. The standard InChI is InChI=1S/C25H29ClN4O4/c1-15(2)34-12-6-11-27-24(32)25(33)29-30-20-10-9-19(26)13-18(20)14-21(30)23(31)28-22-16(3)7-5-8-17(22)4/h5,7-10,13-15H,6,11-12H2,1-4H3,(H,27,32)(H,28,31)(H,29,33). The van der Waals surface area contributed by atoms with Crippen LogP contribution < -0.4 is 16.1 Å². The van der Waals surface area contributed by atoms with Crippen LogP contribution in [-0.2, 0) is 14.3 Å². The average Bonchev–Trinajstić information content (AvgIpc) is 3.13. The molecule has 180 valence electrons. The number of carbonyl (C=O) groups is 3. The lowest BCUT2D eigenvalue weighted by molar-refractivity contribution is -0.136. The molecule has 1 heterocycles. The highest BCUT2D eigenvalue weighted by Gasteiger charge is 2.21. The summed E-state index contributed by atoms with van der Waals surface area (Å²) in [5, 5.41) is 6.60. The lowest BCUT2D eigenvalue weighted by Gasteiger charge is -2.15. The summed E-state index contributed by atoms with van der Waals surface area (Å²) in [7, 11) is 0. The monoisotopic (exact) mass is 484 g/mol. The number of hydrogen-bond donors (Lipinski definition) is 3. The van der Waals surface area contributed by atoms with Gasteiger partial charge in [-0.2, -0.15) is 0 Å². The van der Waals surface area contributed by atoms with Crippen LogP contribution in [0.2, 0.25) is 5.02 Å². The molecule has 3 amide bonds. The molecular weight excluding hydrogens is 456 g/mol. The summed E-state index contributed by atoms with van der Waals surface area (Å²) in [4.78, 5) is 38.1. The predicted molar refractivity (Wildman–Crippen MR) is 134 cm³/mol. The van der Waals surface area contributed by atoms with Crippen molar-refractivity contribution in [1.29, 1.82) is 0 Å². The first kappa shape index (κ1) is 25.3. The first-order valence-electron chi connectivity index (χ1n) is 11.1. The molecule has 8 nitrogen and oxygen atoms in total. The Balaban J connectivity index is 1.81. The van der Waals surface area contributed by atoms with Gasteiger partial charge in [0.1, 0.15) is 5.69 Å². The lowest BCUT2D eigenvalue weighted by Crippen LogP contribution is -2.40. The Kier molecular flexibility index (Phi) is 8.31.